The van der Waals surface area contributed by atoms with Crippen molar-refractivity contribution in [1.82, 2.24) is 4.57 Å². The van der Waals surface area contributed by atoms with Gasteiger partial charge in [-0.1, -0.05) is 49.8 Å². The number of carbonyl (C=O) groups is 3. The second-order valence-corrected chi connectivity index (χ2v) is 10.9. The summed E-state index contributed by atoms with van der Waals surface area (Å²) in [6, 6.07) is 16.7. The largest absolute Gasteiger partial charge is 0.507 e. The van der Waals surface area contributed by atoms with Gasteiger partial charge in [-0.25, -0.2) is 0 Å². The molecule has 0 bridgehead atoms. The predicted octanol–water partition coefficient (Wildman–Crippen LogP) is 7.01. The number of hydrogen-bond acceptors (Lipinski definition) is 6. The van der Waals surface area contributed by atoms with E-state index >= 15 is 0 Å². The molecule has 9 nitrogen and oxygen atoms in total. The zero-order valence-electron chi connectivity index (χ0n) is 25.6. The van der Waals surface area contributed by atoms with Gasteiger partial charge in [0.1, 0.15) is 17.2 Å². The second kappa shape index (κ2) is 15.6. The van der Waals surface area contributed by atoms with Gasteiger partial charge in [-0.05, 0) is 66.8 Å². The maximum Gasteiger partial charge on any atom is 0.307 e. The van der Waals surface area contributed by atoms with Crippen molar-refractivity contribution in [3.8, 4) is 17.2 Å². The van der Waals surface area contributed by atoms with Crippen LogP contribution in [-0.4, -0.2) is 50.8 Å². The molecule has 0 aliphatic heterocycles. The Hall–Kier alpha value is -5.05. The number of nitrogens with zero attached hydrogens (tertiary/aromatic N) is 1. The van der Waals surface area contributed by atoms with Gasteiger partial charge >= 0.3 is 11.9 Å². The molecule has 0 atom stereocenters. The van der Waals surface area contributed by atoms with E-state index in [1.807, 2.05) is 72.3 Å². The van der Waals surface area contributed by atoms with Crippen LogP contribution in [0.3, 0.4) is 0 Å². The van der Waals surface area contributed by atoms with Crippen LogP contribution < -0.4 is 9.47 Å². The van der Waals surface area contributed by atoms with Gasteiger partial charge in [0.15, 0.2) is 5.78 Å². The predicted molar refractivity (Wildman–Crippen MR) is 173 cm³/mol. The van der Waals surface area contributed by atoms with Crippen molar-refractivity contribution in [2.24, 2.45) is 0 Å². The fraction of sp³-hybridized carbons (Fsp3) is 0.306. The maximum atomic E-state index is 11.8. The molecule has 45 heavy (non-hydrogen) atoms. The first-order chi connectivity index (χ1) is 21.7. The Balaban J connectivity index is 1.36. The highest BCUT2D eigenvalue weighted by atomic mass is 16.5. The third-order valence-corrected chi connectivity index (χ3v) is 7.42. The van der Waals surface area contributed by atoms with Crippen molar-refractivity contribution in [2.75, 3.05) is 13.2 Å². The Morgan fingerprint density at radius 1 is 0.889 bits per heavy atom. The number of phenols is 1. The second-order valence-electron chi connectivity index (χ2n) is 10.9. The Morgan fingerprint density at radius 2 is 1.64 bits per heavy atom. The molecule has 0 amide bonds. The van der Waals surface area contributed by atoms with Crippen LogP contribution in [0.25, 0.3) is 23.1 Å². The van der Waals surface area contributed by atoms with Crippen LogP contribution in [0, 0.1) is 0 Å². The minimum absolute atomic E-state index is 0.00369. The number of aryl methyl sites for hydroxylation is 1. The maximum absolute atomic E-state index is 11.8. The first-order valence-corrected chi connectivity index (χ1v) is 15.1. The summed E-state index contributed by atoms with van der Waals surface area (Å²) in [5.41, 5.74) is 4.34. The van der Waals surface area contributed by atoms with E-state index in [2.05, 4.69) is 0 Å². The number of carboxylic acids is 2. The van der Waals surface area contributed by atoms with Gasteiger partial charge in [0, 0.05) is 42.0 Å². The number of hydrogen-bond donors (Lipinski definition) is 3. The molecule has 0 unspecified atom stereocenters. The van der Waals surface area contributed by atoms with E-state index < -0.39 is 11.9 Å². The average molecular weight is 614 g/mol. The van der Waals surface area contributed by atoms with Crippen LogP contribution in [0.2, 0.25) is 0 Å². The molecular formula is C36H39NO8. The van der Waals surface area contributed by atoms with E-state index in [1.54, 1.807) is 12.1 Å². The highest BCUT2D eigenvalue weighted by Gasteiger charge is 2.16. The van der Waals surface area contributed by atoms with Gasteiger partial charge in [-0.3, -0.25) is 14.4 Å². The molecule has 3 N–H and O–H groups in total. The summed E-state index contributed by atoms with van der Waals surface area (Å²) in [6.07, 6.45) is 8.14. The zero-order valence-corrected chi connectivity index (χ0v) is 25.6. The summed E-state index contributed by atoms with van der Waals surface area (Å²) in [5.74, 6) is -0.680. The standard InChI is InChI=1S/C36H39NO8/c1-3-7-30-32(18-17-29(24(2)38)36(30)43)45-21-6-20-44-28-15-12-25(13-16-28)11-14-26-8-4-9-31-35(26)27(22-34(41)42)23-37(31)19-5-10-33(39)40/h4,8-9,11-18,23,43H,3,5-7,10,19-22H2,1-2H3,(H,39,40)(H,41,42)/b14-11+. The van der Waals surface area contributed by atoms with Crippen LogP contribution in [0.5, 0.6) is 17.2 Å². The van der Waals surface area contributed by atoms with Crippen LogP contribution in [-0.2, 0) is 29.0 Å². The molecule has 0 saturated heterocycles. The topological polar surface area (TPSA) is 135 Å². The molecular weight excluding hydrogens is 574 g/mol. The van der Waals surface area contributed by atoms with Crippen molar-refractivity contribution in [3.05, 3.63) is 88.6 Å². The molecule has 4 aromatic rings. The lowest BCUT2D eigenvalue weighted by Crippen LogP contribution is -2.07. The van der Waals surface area contributed by atoms with Gasteiger partial charge in [0.2, 0.25) is 0 Å². The summed E-state index contributed by atoms with van der Waals surface area (Å²) < 4.78 is 13.7. The number of Topliss-reactive ketones (excluding diaryl/α,β-unsaturated/α-hetero) is 1. The Bertz CT molecular complexity index is 1680. The van der Waals surface area contributed by atoms with E-state index in [1.165, 1.54) is 6.92 Å². The third kappa shape index (κ3) is 8.75. The monoisotopic (exact) mass is 613 g/mol. The quantitative estimate of drug-likeness (QED) is 0.0657. The molecule has 0 fully saturated rings. The summed E-state index contributed by atoms with van der Waals surface area (Å²) in [5, 5.41) is 29.8. The van der Waals surface area contributed by atoms with Gasteiger partial charge in [0.25, 0.3) is 0 Å². The van der Waals surface area contributed by atoms with E-state index in [-0.39, 0.29) is 24.4 Å². The van der Waals surface area contributed by atoms with E-state index in [9.17, 15) is 24.6 Å². The highest BCUT2D eigenvalue weighted by Crippen LogP contribution is 2.33. The van der Waals surface area contributed by atoms with Gasteiger partial charge < -0.3 is 29.4 Å². The van der Waals surface area contributed by atoms with Gasteiger partial charge in [-0.2, -0.15) is 0 Å². The molecule has 0 radical (unpaired) electrons. The Morgan fingerprint density at radius 3 is 2.33 bits per heavy atom. The average Bonchev–Trinajstić information content (AvgIpc) is 3.34. The number of rotatable bonds is 17. The lowest BCUT2D eigenvalue weighted by Gasteiger charge is -2.15. The van der Waals surface area contributed by atoms with Crippen molar-refractivity contribution >= 4 is 40.8 Å². The van der Waals surface area contributed by atoms with Crippen molar-refractivity contribution in [3.63, 3.8) is 0 Å². The number of aliphatic carboxylic acids is 2. The minimum Gasteiger partial charge on any atom is -0.507 e. The Kier molecular flexibility index (Phi) is 11.4. The number of benzene rings is 3. The first-order valence-electron chi connectivity index (χ1n) is 15.1. The summed E-state index contributed by atoms with van der Waals surface area (Å²) in [4.78, 5) is 34.3. The highest BCUT2D eigenvalue weighted by molar-refractivity contribution is 5.97. The number of phenolic OH excluding ortho intramolecular Hbond substituents is 1. The molecule has 1 aromatic heterocycles. The lowest BCUT2D eigenvalue weighted by molar-refractivity contribution is -0.137. The third-order valence-electron chi connectivity index (χ3n) is 7.42. The van der Waals surface area contributed by atoms with Crippen LogP contribution in [0.15, 0.2) is 60.8 Å². The summed E-state index contributed by atoms with van der Waals surface area (Å²) in [7, 11) is 0. The van der Waals surface area contributed by atoms with Crippen molar-refractivity contribution < 1.29 is 39.2 Å². The molecule has 1 heterocycles. The fourth-order valence-electron chi connectivity index (χ4n) is 5.31. The fourth-order valence-corrected chi connectivity index (χ4v) is 5.31. The van der Waals surface area contributed by atoms with E-state index in [0.717, 1.165) is 28.5 Å². The van der Waals surface area contributed by atoms with Gasteiger partial charge in [-0.15, -0.1) is 0 Å². The molecule has 0 saturated carbocycles. The SMILES string of the molecule is CCCc1c(OCCCOc2ccc(/C=C/c3cccc4c3c(CC(=O)O)cn4CCCC(=O)O)cc2)ccc(C(C)=O)c1O. The first kappa shape index (κ1) is 32.9. The molecule has 3 aromatic carbocycles. The number of aromatic hydroxyl groups is 1. The molecule has 236 valence electrons. The Labute approximate surface area is 262 Å². The minimum atomic E-state index is -0.926. The van der Waals surface area contributed by atoms with Crippen molar-refractivity contribution in [1.29, 1.82) is 0 Å². The normalized spacial score (nSPS) is 11.2. The van der Waals surface area contributed by atoms with E-state index in [0.29, 0.717) is 67.2 Å². The van der Waals surface area contributed by atoms with Crippen LogP contribution >= 0.6 is 0 Å². The molecule has 9 heteroatoms. The van der Waals surface area contributed by atoms with Crippen LogP contribution in [0.1, 0.15) is 72.1 Å². The zero-order chi connectivity index (χ0) is 32.3. The lowest BCUT2D eigenvalue weighted by atomic mass is 10.0. The summed E-state index contributed by atoms with van der Waals surface area (Å²) >= 11 is 0. The number of aromatic nitrogens is 1. The molecule has 0 aliphatic rings. The number of carbonyl (C=O) groups excluding carboxylic acids is 1. The van der Waals surface area contributed by atoms with Gasteiger partial charge in [0.05, 0.1) is 25.2 Å². The number of ketones is 1. The molecule has 0 aliphatic carbocycles. The summed E-state index contributed by atoms with van der Waals surface area (Å²) in [6.45, 7) is 4.76. The smallest absolute Gasteiger partial charge is 0.307 e. The molecule has 4 rings (SSSR count). The number of carboxylic acid groups (broad SMARTS) is 2. The number of fused-ring (bicyclic) bond motifs is 1. The van der Waals surface area contributed by atoms with Crippen molar-refractivity contribution in [2.45, 2.75) is 58.9 Å². The van der Waals surface area contributed by atoms with E-state index in [4.69, 9.17) is 14.6 Å². The van der Waals surface area contributed by atoms with Crippen LogP contribution in [0.4, 0.5) is 0 Å². The number of ether oxygens (including phenoxy) is 2. The molecule has 0 spiro atoms.